The van der Waals surface area contributed by atoms with E-state index < -0.39 is 0 Å². The zero-order valence-electron chi connectivity index (χ0n) is 16.9. The number of fused-ring (bicyclic) bond motifs is 1. The molecule has 0 saturated carbocycles. The molecule has 0 aliphatic carbocycles. The molecule has 3 aromatic rings. The lowest BCUT2D eigenvalue weighted by Gasteiger charge is -2.15. The fourth-order valence-corrected chi connectivity index (χ4v) is 3.90. The Morgan fingerprint density at radius 2 is 2.10 bits per heavy atom. The van der Waals surface area contributed by atoms with Crippen molar-refractivity contribution < 1.29 is 14.6 Å². The van der Waals surface area contributed by atoms with Gasteiger partial charge in [-0.15, -0.1) is 11.8 Å². The molecule has 0 amide bonds. The number of hydrogen-bond acceptors (Lipinski definition) is 7. The number of thioether (sulfide) groups is 1. The number of benzene rings is 1. The minimum absolute atomic E-state index is 0.109. The number of Topliss-reactive ketones (excluding diaryl/α,β-unsaturated/α-hetero) is 1. The Hall–Kier alpha value is -2.61. The monoisotopic (exact) mass is 414 g/mol. The molecule has 7 nitrogen and oxygen atoms in total. The first-order valence-corrected chi connectivity index (χ1v) is 10.7. The third-order valence-electron chi connectivity index (χ3n) is 4.91. The van der Waals surface area contributed by atoms with Gasteiger partial charge in [0.15, 0.2) is 5.65 Å². The predicted molar refractivity (Wildman–Crippen MR) is 114 cm³/mol. The fourth-order valence-electron chi connectivity index (χ4n) is 2.94. The number of carbonyl (C=O) groups is 1. The van der Waals surface area contributed by atoms with Gasteiger partial charge in [-0.1, -0.05) is 13.0 Å². The normalized spacial score (nSPS) is 12.2. The lowest BCUT2D eigenvalue weighted by atomic mass is 9.95. The van der Waals surface area contributed by atoms with Gasteiger partial charge in [0.1, 0.15) is 34.2 Å². The molecule has 0 aliphatic heterocycles. The average Bonchev–Trinajstić information content (AvgIpc) is 3.19. The lowest BCUT2D eigenvalue weighted by Crippen LogP contribution is -2.10. The van der Waals surface area contributed by atoms with Crippen molar-refractivity contribution in [1.29, 1.82) is 0 Å². The molecule has 2 N–H and O–H groups in total. The summed E-state index contributed by atoms with van der Waals surface area (Å²) in [5.41, 5.74) is 3.06. The van der Waals surface area contributed by atoms with Crippen molar-refractivity contribution in [3.05, 3.63) is 35.9 Å². The molecule has 8 heteroatoms. The summed E-state index contributed by atoms with van der Waals surface area (Å²) < 4.78 is 5.86. The number of ketones is 1. The van der Waals surface area contributed by atoms with E-state index in [2.05, 4.69) is 19.9 Å². The number of phenols is 1. The van der Waals surface area contributed by atoms with Gasteiger partial charge in [0.2, 0.25) is 0 Å². The lowest BCUT2D eigenvalue weighted by molar-refractivity contribution is -0.120. The van der Waals surface area contributed by atoms with E-state index in [1.807, 2.05) is 26.0 Å². The number of carbonyl (C=O) groups excluding carboxylic acids is 1. The van der Waals surface area contributed by atoms with Gasteiger partial charge in [0.05, 0.1) is 12.9 Å². The number of phenolic OH excluding ortho intramolecular Hbond substituents is 1. The molecule has 154 valence electrons. The smallest absolute Gasteiger partial charge is 0.181 e. The Morgan fingerprint density at radius 1 is 1.28 bits per heavy atom. The first-order chi connectivity index (χ1) is 14.0. The number of imidazole rings is 1. The highest BCUT2D eigenvalue weighted by Crippen LogP contribution is 2.32. The Balaban J connectivity index is 1.45. The van der Waals surface area contributed by atoms with Crippen molar-refractivity contribution >= 4 is 28.7 Å². The number of aromatic hydroxyl groups is 1. The number of aromatic nitrogens is 4. The summed E-state index contributed by atoms with van der Waals surface area (Å²) in [5.74, 6) is 1.83. The van der Waals surface area contributed by atoms with Gasteiger partial charge in [-0.25, -0.2) is 15.0 Å². The number of hydrogen-bond donors (Lipinski definition) is 2. The third kappa shape index (κ3) is 5.26. The molecule has 0 aliphatic rings. The maximum Gasteiger partial charge on any atom is 0.181 e. The average molecular weight is 415 g/mol. The molecule has 29 heavy (non-hydrogen) atoms. The van der Waals surface area contributed by atoms with Crippen LogP contribution in [0.25, 0.3) is 11.2 Å². The topological polar surface area (TPSA) is 101 Å². The van der Waals surface area contributed by atoms with E-state index in [0.29, 0.717) is 24.4 Å². The van der Waals surface area contributed by atoms with Crippen molar-refractivity contribution in [2.75, 3.05) is 12.4 Å². The van der Waals surface area contributed by atoms with E-state index in [-0.39, 0.29) is 17.5 Å². The first-order valence-electron chi connectivity index (χ1n) is 9.69. The Bertz CT molecular complexity index is 989. The van der Waals surface area contributed by atoms with Crippen molar-refractivity contribution in [2.24, 2.45) is 5.92 Å². The van der Waals surface area contributed by atoms with E-state index in [9.17, 15) is 9.90 Å². The van der Waals surface area contributed by atoms with Crippen LogP contribution in [0, 0.1) is 12.8 Å². The van der Waals surface area contributed by atoms with Gasteiger partial charge < -0.3 is 14.8 Å². The molecular formula is C21H26N4O3S. The summed E-state index contributed by atoms with van der Waals surface area (Å²) in [7, 11) is 0. The Morgan fingerprint density at radius 3 is 2.90 bits per heavy atom. The van der Waals surface area contributed by atoms with Gasteiger partial charge >= 0.3 is 0 Å². The van der Waals surface area contributed by atoms with E-state index >= 15 is 0 Å². The maximum absolute atomic E-state index is 11.5. The number of aromatic amines is 1. The quantitative estimate of drug-likeness (QED) is 0.293. The van der Waals surface area contributed by atoms with Crippen LogP contribution < -0.4 is 4.74 Å². The van der Waals surface area contributed by atoms with Crippen LogP contribution in [0.4, 0.5) is 0 Å². The van der Waals surface area contributed by atoms with Crippen LogP contribution in [0.5, 0.6) is 11.5 Å². The third-order valence-corrected chi connectivity index (χ3v) is 5.98. The molecule has 1 aromatic carbocycles. The molecule has 0 bridgehead atoms. The fraction of sp³-hybridized carbons (Fsp3) is 0.429. The van der Waals surface area contributed by atoms with E-state index in [4.69, 9.17) is 4.74 Å². The number of nitrogens with one attached hydrogen (secondary N) is 1. The highest BCUT2D eigenvalue weighted by molar-refractivity contribution is 7.99. The number of rotatable bonds is 10. The van der Waals surface area contributed by atoms with Gasteiger partial charge in [-0.05, 0) is 50.5 Å². The Kier molecular flexibility index (Phi) is 7.09. The molecule has 1 unspecified atom stereocenters. The highest BCUT2D eigenvalue weighted by atomic mass is 32.2. The zero-order valence-corrected chi connectivity index (χ0v) is 17.8. The van der Waals surface area contributed by atoms with Crippen LogP contribution in [0.15, 0.2) is 29.8 Å². The van der Waals surface area contributed by atoms with E-state index in [0.717, 1.165) is 40.3 Å². The number of nitrogens with zero attached hydrogens (tertiary/aromatic N) is 3. The maximum atomic E-state index is 11.5. The van der Waals surface area contributed by atoms with E-state index in [1.165, 1.54) is 6.33 Å². The molecule has 0 saturated heterocycles. The van der Waals surface area contributed by atoms with Crippen molar-refractivity contribution in [3.63, 3.8) is 0 Å². The largest absolute Gasteiger partial charge is 0.507 e. The zero-order chi connectivity index (χ0) is 20.8. The van der Waals surface area contributed by atoms with Crippen LogP contribution >= 0.6 is 11.8 Å². The second-order valence-electron chi connectivity index (χ2n) is 7.10. The van der Waals surface area contributed by atoms with Gasteiger partial charge in [0.25, 0.3) is 0 Å². The molecular weight excluding hydrogens is 388 g/mol. The van der Waals surface area contributed by atoms with Crippen LogP contribution in [0.2, 0.25) is 0 Å². The first kappa shape index (κ1) is 21.1. The molecule has 1 atom stereocenters. The standard InChI is InChI=1S/C21H26N4O3S/c1-13(15(3)26)10-16-6-7-17(14(2)19(16)27)28-8-4-5-9-29-21-18-20(23-11-22-18)24-12-25-21/h6-7,11-13,27H,4-5,8-10H2,1-3H3,(H,22,23,24,25). The second-order valence-corrected chi connectivity index (χ2v) is 8.18. The summed E-state index contributed by atoms with van der Waals surface area (Å²) in [5, 5.41) is 11.3. The molecule has 3 rings (SSSR count). The van der Waals surface area contributed by atoms with Gasteiger partial charge in [-0.3, -0.25) is 4.79 Å². The van der Waals surface area contributed by atoms with Crippen LogP contribution in [0.3, 0.4) is 0 Å². The molecule has 0 spiro atoms. The van der Waals surface area contributed by atoms with Crippen LogP contribution in [-0.2, 0) is 11.2 Å². The van der Waals surface area contributed by atoms with Crippen molar-refractivity contribution in [3.8, 4) is 11.5 Å². The minimum Gasteiger partial charge on any atom is -0.507 e. The molecule has 2 aromatic heterocycles. The predicted octanol–water partition coefficient (Wildman–Crippen LogP) is 4.09. The number of H-pyrrole nitrogens is 1. The highest BCUT2D eigenvalue weighted by Gasteiger charge is 2.15. The summed E-state index contributed by atoms with van der Waals surface area (Å²) in [6.07, 6.45) is 5.56. The second kappa shape index (κ2) is 9.73. The molecule has 0 radical (unpaired) electrons. The summed E-state index contributed by atoms with van der Waals surface area (Å²) >= 11 is 1.67. The summed E-state index contributed by atoms with van der Waals surface area (Å²) in [6.45, 7) is 5.87. The number of unbranched alkanes of at least 4 members (excludes halogenated alkanes) is 1. The van der Waals surface area contributed by atoms with Crippen LogP contribution in [0.1, 0.15) is 37.8 Å². The van der Waals surface area contributed by atoms with Crippen molar-refractivity contribution in [1.82, 2.24) is 19.9 Å². The summed E-state index contributed by atoms with van der Waals surface area (Å²) in [6, 6.07) is 3.72. The van der Waals surface area contributed by atoms with Gasteiger partial charge in [0, 0.05) is 11.5 Å². The SMILES string of the molecule is CC(=O)C(C)Cc1ccc(OCCCCSc2ncnc3nc[nH]c23)c(C)c1O. The van der Waals surface area contributed by atoms with Gasteiger partial charge in [-0.2, -0.15) is 0 Å². The molecule has 2 heterocycles. The van der Waals surface area contributed by atoms with Crippen LogP contribution in [-0.4, -0.2) is 43.2 Å². The summed E-state index contributed by atoms with van der Waals surface area (Å²) in [4.78, 5) is 27.1. The van der Waals surface area contributed by atoms with Crippen molar-refractivity contribution in [2.45, 2.75) is 45.1 Å². The number of ether oxygens (including phenoxy) is 1. The minimum atomic E-state index is -0.109. The Labute approximate surface area is 174 Å². The molecule has 0 fully saturated rings. The van der Waals surface area contributed by atoms with E-state index in [1.54, 1.807) is 25.0 Å².